The molecule has 0 saturated carbocycles. The Morgan fingerprint density at radius 3 is 2.62 bits per heavy atom. The van der Waals surface area contributed by atoms with Gasteiger partial charge in [0.05, 0.1) is 0 Å². The van der Waals surface area contributed by atoms with E-state index in [0.717, 1.165) is 0 Å². The second-order valence-corrected chi connectivity index (χ2v) is 6.87. The Hall–Kier alpha value is -3.27. The molecule has 0 amide bonds. The molecular formula is C20H18N2O7. The zero-order valence-electron chi connectivity index (χ0n) is 15.1. The first kappa shape index (κ1) is 19.1. The van der Waals surface area contributed by atoms with Crippen molar-refractivity contribution in [2.45, 2.75) is 24.9 Å². The maximum Gasteiger partial charge on any atom is 0.338 e. The molecule has 3 heterocycles. The van der Waals surface area contributed by atoms with Gasteiger partial charge < -0.3 is 29.7 Å². The van der Waals surface area contributed by atoms with Crippen LogP contribution in [0.15, 0.2) is 51.7 Å². The Morgan fingerprint density at radius 1 is 1.14 bits per heavy atom. The van der Waals surface area contributed by atoms with Gasteiger partial charge in [0, 0.05) is 29.1 Å². The highest BCUT2D eigenvalue weighted by Gasteiger charge is 2.32. The zero-order chi connectivity index (χ0) is 20.8. The molecule has 1 saturated heterocycles. The van der Waals surface area contributed by atoms with Crippen LogP contribution in [-0.2, 0) is 10.8 Å². The van der Waals surface area contributed by atoms with E-state index >= 15 is 0 Å². The first-order valence-electron chi connectivity index (χ1n) is 8.97. The second-order valence-electron chi connectivity index (χ2n) is 6.87. The summed E-state index contributed by atoms with van der Waals surface area (Å²) in [6, 6.07) is 9.69. The van der Waals surface area contributed by atoms with E-state index in [2.05, 4.69) is 4.98 Å². The molecule has 4 rings (SSSR count). The number of hydrogen-bond donors (Lipinski definition) is 4. The summed E-state index contributed by atoms with van der Waals surface area (Å²) in [7, 11) is 0. The van der Waals surface area contributed by atoms with Crippen LogP contribution < -0.4 is 10.5 Å². The molecule has 2 aromatic heterocycles. The fourth-order valence-electron chi connectivity index (χ4n) is 3.72. The van der Waals surface area contributed by atoms with E-state index in [9.17, 15) is 30.0 Å². The minimum Gasteiger partial charge on any atom is -0.480 e. The van der Waals surface area contributed by atoms with E-state index in [4.69, 9.17) is 4.42 Å². The van der Waals surface area contributed by atoms with Crippen LogP contribution in [0, 0.1) is 0 Å². The molecule has 4 N–H and O–H groups in total. The van der Waals surface area contributed by atoms with E-state index in [1.807, 2.05) is 0 Å². The molecule has 0 radical (unpaired) electrons. The van der Waals surface area contributed by atoms with Crippen molar-refractivity contribution in [3.8, 4) is 11.1 Å². The molecule has 3 aromatic rings. The smallest absolute Gasteiger partial charge is 0.338 e. The predicted octanol–water partition coefficient (Wildman–Crippen LogP) is 0.996. The lowest BCUT2D eigenvalue weighted by molar-refractivity contribution is -0.323. The largest absolute Gasteiger partial charge is 0.480 e. The SMILES string of the molecule is O=C(O)C1CCCN1c1ccc2c(-c3ccccc3C(O)(O)O)cc(=O)oc2n1. The molecule has 9 nitrogen and oxygen atoms in total. The average molecular weight is 398 g/mol. The predicted molar refractivity (Wildman–Crippen MR) is 102 cm³/mol. The summed E-state index contributed by atoms with van der Waals surface area (Å²) in [5, 5.41) is 38.8. The standard InChI is InChI=1S/C20H18N2O7/c23-17-10-13(11-4-1-2-5-14(11)20(26,27)28)12-7-8-16(21-18(12)29-17)22-9-3-6-15(22)19(24)25/h1-2,4-5,7-8,10,15,26-28H,3,6,9H2,(H,24,25). The van der Waals surface area contributed by atoms with Gasteiger partial charge in [0.15, 0.2) is 0 Å². The number of carbonyl (C=O) groups is 1. The summed E-state index contributed by atoms with van der Waals surface area (Å²) < 4.78 is 5.22. The van der Waals surface area contributed by atoms with Crippen molar-refractivity contribution < 1.29 is 29.6 Å². The van der Waals surface area contributed by atoms with E-state index < -0.39 is 23.6 Å². The number of carboxylic acid groups (broad SMARTS) is 1. The number of carboxylic acids is 1. The first-order valence-corrected chi connectivity index (χ1v) is 8.97. The van der Waals surface area contributed by atoms with Crippen molar-refractivity contribution in [1.82, 2.24) is 4.98 Å². The normalized spacial score (nSPS) is 17.1. The average Bonchev–Trinajstić information content (AvgIpc) is 3.16. The van der Waals surface area contributed by atoms with Crippen LogP contribution in [0.2, 0.25) is 0 Å². The molecule has 1 fully saturated rings. The molecule has 150 valence electrons. The van der Waals surface area contributed by atoms with Crippen molar-refractivity contribution in [2.75, 3.05) is 11.4 Å². The number of pyridine rings is 1. The van der Waals surface area contributed by atoms with Crippen molar-refractivity contribution in [3.63, 3.8) is 0 Å². The second kappa shape index (κ2) is 6.96. The number of rotatable bonds is 4. The Labute approximate surface area is 164 Å². The van der Waals surface area contributed by atoms with E-state index in [-0.39, 0.29) is 16.8 Å². The van der Waals surface area contributed by atoms with Gasteiger partial charge in [0.25, 0.3) is 0 Å². The molecular weight excluding hydrogens is 380 g/mol. The molecule has 0 bridgehead atoms. The molecule has 1 unspecified atom stereocenters. The molecule has 1 aliphatic rings. The third-order valence-electron chi connectivity index (χ3n) is 5.01. The molecule has 9 heteroatoms. The topological polar surface area (TPSA) is 144 Å². The molecule has 0 aliphatic carbocycles. The number of fused-ring (bicyclic) bond motifs is 1. The summed E-state index contributed by atoms with van der Waals surface area (Å²) >= 11 is 0. The molecule has 1 aromatic carbocycles. The van der Waals surface area contributed by atoms with Crippen molar-refractivity contribution in [1.29, 1.82) is 0 Å². The van der Waals surface area contributed by atoms with Crippen molar-refractivity contribution in [3.05, 3.63) is 58.4 Å². The fraction of sp³-hybridized carbons (Fsp3) is 0.250. The van der Waals surface area contributed by atoms with Gasteiger partial charge in [-0.1, -0.05) is 24.3 Å². The minimum absolute atomic E-state index is 0.0183. The zero-order valence-corrected chi connectivity index (χ0v) is 15.1. The van der Waals surface area contributed by atoms with Gasteiger partial charge in [-0.25, -0.2) is 9.59 Å². The van der Waals surface area contributed by atoms with Crippen LogP contribution >= 0.6 is 0 Å². The van der Waals surface area contributed by atoms with Crippen LogP contribution in [0.1, 0.15) is 18.4 Å². The quantitative estimate of drug-likeness (QED) is 0.473. The number of anilines is 1. The third kappa shape index (κ3) is 3.46. The maximum atomic E-state index is 12.1. The highest BCUT2D eigenvalue weighted by atomic mass is 16.7. The summed E-state index contributed by atoms with van der Waals surface area (Å²) in [5.74, 6) is -3.67. The number of hydrogen-bond acceptors (Lipinski definition) is 8. The van der Waals surface area contributed by atoms with Crippen LogP contribution in [0.5, 0.6) is 0 Å². The van der Waals surface area contributed by atoms with Gasteiger partial charge >= 0.3 is 17.6 Å². The van der Waals surface area contributed by atoms with Crippen LogP contribution in [0.3, 0.4) is 0 Å². The van der Waals surface area contributed by atoms with Crippen LogP contribution in [0.25, 0.3) is 22.2 Å². The van der Waals surface area contributed by atoms with Gasteiger partial charge in [0.2, 0.25) is 5.71 Å². The number of nitrogens with zero attached hydrogens (tertiary/aromatic N) is 2. The Kier molecular flexibility index (Phi) is 4.58. The van der Waals surface area contributed by atoms with Gasteiger partial charge in [-0.3, -0.25) is 0 Å². The highest BCUT2D eigenvalue weighted by Crippen LogP contribution is 2.34. The van der Waals surface area contributed by atoms with Gasteiger partial charge in [-0.05, 0) is 30.5 Å². The number of aliphatic hydroxyl groups is 3. The Bertz CT molecular complexity index is 1150. The van der Waals surface area contributed by atoms with E-state index in [1.54, 1.807) is 23.1 Å². The maximum absolute atomic E-state index is 12.1. The Morgan fingerprint density at radius 2 is 1.90 bits per heavy atom. The monoisotopic (exact) mass is 398 g/mol. The number of aromatic nitrogens is 1. The summed E-state index contributed by atoms with van der Waals surface area (Å²) in [6.45, 7) is 0.518. The lowest BCUT2D eigenvalue weighted by atomic mass is 9.96. The van der Waals surface area contributed by atoms with Crippen molar-refractivity contribution in [2.24, 2.45) is 0 Å². The van der Waals surface area contributed by atoms with E-state index in [0.29, 0.717) is 36.2 Å². The first-order chi connectivity index (χ1) is 13.8. The lowest BCUT2D eigenvalue weighted by Crippen LogP contribution is -2.36. The van der Waals surface area contributed by atoms with Crippen LogP contribution in [-0.4, -0.2) is 44.0 Å². The summed E-state index contributed by atoms with van der Waals surface area (Å²) in [4.78, 5) is 29.6. The summed E-state index contributed by atoms with van der Waals surface area (Å²) in [6.07, 6.45) is 1.21. The van der Waals surface area contributed by atoms with Gasteiger partial charge in [-0.15, -0.1) is 0 Å². The van der Waals surface area contributed by atoms with Gasteiger partial charge in [0.1, 0.15) is 11.9 Å². The van der Waals surface area contributed by atoms with Gasteiger partial charge in [-0.2, -0.15) is 4.98 Å². The minimum atomic E-state index is -3.10. The number of aliphatic carboxylic acids is 1. The third-order valence-corrected chi connectivity index (χ3v) is 5.01. The molecule has 29 heavy (non-hydrogen) atoms. The van der Waals surface area contributed by atoms with Crippen molar-refractivity contribution >= 4 is 22.9 Å². The van der Waals surface area contributed by atoms with Crippen LogP contribution in [0.4, 0.5) is 5.82 Å². The molecule has 1 aliphatic heterocycles. The van der Waals surface area contributed by atoms with E-state index in [1.165, 1.54) is 24.3 Å². The Balaban J connectivity index is 1.89. The summed E-state index contributed by atoms with van der Waals surface area (Å²) in [5.41, 5.74) is -0.431. The number of benzene rings is 1. The fourth-order valence-corrected chi connectivity index (χ4v) is 3.72. The molecule has 0 spiro atoms. The highest BCUT2D eigenvalue weighted by molar-refractivity contribution is 5.93. The lowest BCUT2D eigenvalue weighted by Gasteiger charge is -2.22. The molecule has 1 atom stereocenters.